The van der Waals surface area contributed by atoms with Crippen LogP contribution in [0.2, 0.25) is 0 Å². The number of benzene rings is 1. The number of nitrogens with one attached hydrogen (secondary N) is 1. The van der Waals surface area contributed by atoms with Gasteiger partial charge in [-0.2, -0.15) is 0 Å². The zero-order chi connectivity index (χ0) is 8.55. The molecule has 0 radical (unpaired) electrons. The van der Waals surface area contributed by atoms with Crippen molar-refractivity contribution in [2.75, 3.05) is 19.2 Å². The van der Waals surface area contributed by atoms with Gasteiger partial charge in [0.1, 0.15) is 0 Å². The minimum absolute atomic E-state index is 0.0966. The normalized spacial score (nSPS) is 13.2. The molecule has 0 atom stereocenters. The third-order valence-corrected chi connectivity index (χ3v) is 1.75. The van der Waals surface area contributed by atoms with Crippen molar-refractivity contribution in [1.29, 1.82) is 0 Å². The van der Waals surface area contributed by atoms with Crippen LogP contribution in [0.5, 0.6) is 11.5 Å². The van der Waals surface area contributed by atoms with Crippen molar-refractivity contribution in [3.8, 4) is 11.5 Å². The molecule has 1 N–H and O–H groups in total. The highest BCUT2D eigenvalue weighted by molar-refractivity contribution is 5.56. The first kappa shape index (κ1) is 7.21. The van der Waals surface area contributed by atoms with Gasteiger partial charge in [-0.1, -0.05) is 0 Å². The lowest BCUT2D eigenvalue weighted by atomic mass is 10.2. The van der Waals surface area contributed by atoms with Gasteiger partial charge in [0.2, 0.25) is 12.5 Å². The highest BCUT2D eigenvalue weighted by Gasteiger charge is 2.20. The average molecular weight is 169 g/mol. The second-order valence-corrected chi connectivity index (χ2v) is 2.41. The van der Waals surface area contributed by atoms with Gasteiger partial charge in [-0.05, 0) is 12.1 Å². The van der Waals surface area contributed by atoms with Crippen LogP contribution in [0.25, 0.3) is 0 Å². The van der Waals surface area contributed by atoms with E-state index in [4.69, 9.17) is 9.47 Å². The van der Waals surface area contributed by atoms with Crippen molar-refractivity contribution in [3.05, 3.63) is 17.9 Å². The molecule has 3 nitrogen and oxygen atoms in total. The smallest absolute Gasteiger partial charge is 0.231 e. The zero-order valence-electron chi connectivity index (χ0n) is 6.56. The number of rotatable bonds is 1. The molecule has 0 amide bonds. The van der Waals surface area contributed by atoms with Crippen LogP contribution in [-0.4, -0.2) is 13.8 Å². The Labute approximate surface area is 69.1 Å². The van der Waals surface area contributed by atoms with E-state index in [1.54, 1.807) is 19.2 Å². The van der Waals surface area contributed by atoms with Crippen LogP contribution in [0.1, 0.15) is 0 Å². The van der Waals surface area contributed by atoms with Crippen molar-refractivity contribution in [2.45, 2.75) is 0 Å². The lowest BCUT2D eigenvalue weighted by molar-refractivity contribution is 0.171. The summed E-state index contributed by atoms with van der Waals surface area (Å²) in [6.45, 7) is 0.0966. The molecule has 0 spiro atoms. The predicted molar refractivity (Wildman–Crippen MR) is 42.1 cm³/mol. The number of hydrogen-bond acceptors (Lipinski definition) is 3. The maximum atomic E-state index is 13.3. The summed E-state index contributed by atoms with van der Waals surface area (Å²) in [6, 6.07) is 3.29. The lowest BCUT2D eigenvalue weighted by Crippen LogP contribution is -1.95. The van der Waals surface area contributed by atoms with E-state index >= 15 is 0 Å². The van der Waals surface area contributed by atoms with E-state index in [-0.39, 0.29) is 12.5 Å². The number of anilines is 1. The number of ether oxygens (including phenoxy) is 2. The van der Waals surface area contributed by atoms with Gasteiger partial charge < -0.3 is 14.8 Å². The van der Waals surface area contributed by atoms with Crippen molar-refractivity contribution in [3.63, 3.8) is 0 Å². The topological polar surface area (TPSA) is 30.5 Å². The van der Waals surface area contributed by atoms with Gasteiger partial charge in [0, 0.05) is 7.05 Å². The molecule has 2 rings (SSSR count). The summed E-state index contributed by atoms with van der Waals surface area (Å²) >= 11 is 0. The molecule has 1 aliphatic rings. The van der Waals surface area contributed by atoms with E-state index in [1.165, 1.54) is 0 Å². The largest absolute Gasteiger partial charge is 0.453 e. The summed E-state index contributed by atoms with van der Waals surface area (Å²) in [7, 11) is 1.65. The third kappa shape index (κ3) is 0.879. The van der Waals surface area contributed by atoms with Gasteiger partial charge in [-0.3, -0.25) is 0 Å². The Bertz CT molecular complexity index is 314. The molecule has 12 heavy (non-hydrogen) atoms. The SMILES string of the molecule is CNc1ccc2c(c1F)OCO2. The van der Waals surface area contributed by atoms with E-state index < -0.39 is 5.82 Å². The fourth-order valence-corrected chi connectivity index (χ4v) is 1.13. The van der Waals surface area contributed by atoms with E-state index in [0.29, 0.717) is 11.4 Å². The summed E-state index contributed by atoms with van der Waals surface area (Å²) in [5, 5.41) is 2.71. The Kier molecular flexibility index (Phi) is 1.53. The minimum atomic E-state index is -0.396. The molecule has 1 aromatic rings. The van der Waals surface area contributed by atoms with Crippen LogP contribution in [0.15, 0.2) is 12.1 Å². The Balaban J connectivity index is 2.54. The van der Waals surface area contributed by atoms with Gasteiger partial charge >= 0.3 is 0 Å². The van der Waals surface area contributed by atoms with Crippen molar-refractivity contribution < 1.29 is 13.9 Å². The summed E-state index contributed by atoms with van der Waals surface area (Å²) in [6.07, 6.45) is 0. The minimum Gasteiger partial charge on any atom is -0.453 e. The first-order valence-electron chi connectivity index (χ1n) is 3.59. The number of hydrogen-bond donors (Lipinski definition) is 1. The summed E-state index contributed by atoms with van der Waals surface area (Å²) in [5.41, 5.74) is 0.416. The van der Waals surface area contributed by atoms with Crippen LogP contribution >= 0.6 is 0 Å². The van der Waals surface area contributed by atoms with Crippen LogP contribution in [0.4, 0.5) is 10.1 Å². The molecule has 1 heterocycles. The van der Waals surface area contributed by atoms with Crippen LogP contribution in [0, 0.1) is 5.82 Å². The second-order valence-electron chi connectivity index (χ2n) is 2.41. The molecule has 1 aromatic carbocycles. The molecule has 1 aliphatic heterocycles. The molecule has 64 valence electrons. The van der Waals surface area contributed by atoms with E-state index in [2.05, 4.69) is 5.32 Å². The third-order valence-electron chi connectivity index (χ3n) is 1.75. The van der Waals surface area contributed by atoms with E-state index in [0.717, 1.165) is 0 Å². The summed E-state index contributed by atoms with van der Waals surface area (Å²) < 4.78 is 23.2. The standard InChI is InChI=1S/C8H8FNO2/c1-10-5-2-3-6-8(7(5)9)12-4-11-6/h2-3,10H,4H2,1H3. The molecule has 0 bridgehead atoms. The van der Waals surface area contributed by atoms with Gasteiger partial charge in [0.15, 0.2) is 11.6 Å². The summed E-state index contributed by atoms with van der Waals surface area (Å²) in [5.74, 6) is 0.265. The first-order valence-corrected chi connectivity index (χ1v) is 3.59. The zero-order valence-corrected chi connectivity index (χ0v) is 6.56. The monoisotopic (exact) mass is 169 g/mol. The molecule has 0 fully saturated rings. The van der Waals surface area contributed by atoms with Crippen molar-refractivity contribution in [1.82, 2.24) is 0 Å². The molecule has 4 heteroatoms. The molecule has 0 aromatic heterocycles. The first-order chi connectivity index (χ1) is 5.83. The molecular formula is C8H8FNO2. The lowest BCUT2D eigenvalue weighted by Gasteiger charge is -2.03. The predicted octanol–water partition coefficient (Wildman–Crippen LogP) is 1.60. The van der Waals surface area contributed by atoms with Crippen LogP contribution in [0.3, 0.4) is 0 Å². The highest BCUT2D eigenvalue weighted by atomic mass is 19.1. The molecule has 0 aliphatic carbocycles. The highest BCUT2D eigenvalue weighted by Crippen LogP contribution is 2.37. The van der Waals surface area contributed by atoms with Gasteiger partial charge in [-0.15, -0.1) is 0 Å². The van der Waals surface area contributed by atoms with Gasteiger partial charge in [-0.25, -0.2) is 4.39 Å². The quantitative estimate of drug-likeness (QED) is 0.692. The molecule has 0 saturated heterocycles. The van der Waals surface area contributed by atoms with Crippen LogP contribution in [-0.2, 0) is 0 Å². The maximum absolute atomic E-state index is 13.3. The van der Waals surface area contributed by atoms with Crippen molar-refractivity contribution in [2.24, 2.45) is 0 Å². The van der Waals surface area contributed by atoms with E-state index in [1.807, 2.05) is 0 Å². The Morgan fingerprint density at radius 1 is 1.42 bits per heavy atom. The average Bonchev–Trinajstić information content (AvgIpc) is 2.53. The maximum Gasteiger partial charge on any atom is 0.231 e. The van der Waals surface area contributed by atoms with Gasteiger partial charge in [0.05, 0.1) is 5.69 Å². The van der Waals surface area contributed by atoms with Crippen LogP contribution < -0.4 is 14.8 Å². The Morgan fingerprint density at radius 2 is 2.25 bits per heavy atom. The second kappa shape index (κ2) is 2.55. The number of fused-ring (bicyclic) bond motifs is 1. The summed E-state index contributed by atoms with van der Waals surface area (Å²) in [4.78, 5) is 0. The Morgan fingerprint density at radius 3 is 3.00 bits per heavy atom. The fraction of sp³-hybridized carbons (Fsp3) is 0.250. The fourth-order valence-electron chi connectivity index (χ4n) is 1.13. The van der Waals surface area contributed by atoms with E-state index in [9.17, 15) is 4.39 Å². The number of halogens is 1. The molecular weight excluding hydrogens is 161 g/mol. The van der Waals surface area contributed by atoms with Crippen molar-refractivity contribution >= 4 is 5.69 Å². The Hall–Kier alpha value is -1.45. The molecule has 0 unspecified atom stereocenters. The van der Waals surface area contributed by atoms with Gasteiger partial charge in [0.25, 0.3) is 0 Å². The molecule has 0 saturated carbocycles.